The Hall–Kier alpha value is -4.99. The molecule has 1 fully saturated rings. The van der Waals surface area contributed by atoms with Gasteiger partial charge in [0.05, 0.1) is 0 Å². The number of carbonyl (C=O) groups excluding carboxylic acids is 3. The SMILES string of the molecule is C=C(C)C(=O)OCC(COC(=O)C(=C)C)(COC(=O)C(=C)C)COc1c(CCCO)cc(-c2ccc(-c3ccc(C4CCC(CCCCC)CC4)cc3)cc2CC)cc1CCCO. The van der Waals surface area contributed by atoms with Crippen LogP contribution in [-0.4, -0.2) is 67.8 Å². The molecule has 0 heterocycles. The molecule has 342 valence electrons. The standard InChI is InChI=1S/C54H72O9/c1-9-11-12-15-40-18-20-42(21-19-40)43-22-24-44(25-23-43)45-26-27-49(41(10-2)30-45)48-31-46(16-13-28-55)50(47(32-48)17-14-29-56)60-33-54(34-61-51(57)37(3)4,35-62-52(58)38(5)6)36-63-53(59)39(7)8/h22-27,30-32,40,42,55-56H,3,5,7,9-21,28-29,33-36H2,1-2,4,6,8H3. The van der Waals surface area contributed by atoms with Gasteiger partial charge >= 0.3 is 17.9 Å². The smallest absolute Gasteiger partial charge is 0.333 e. The van der Waals surface area contributed by atoms with Crippen LogP contribution in [0.2, 0.25) is 0 Å². The maximum absolute atomic E-state index is 12.7. The number of carbonyl (C=O) groups is 3. The van der Waals surface area contributed by atoms with E-state index in [2.05, 4.69) is 88.2 Å². The largest absolute Gasteiger partial charge is 0.492 e. The molecule has 0 atom stereocenters. The van der Waals surface area contributed by atoms with Gasteiger partial charge < -0.3 is 29.2 Å². The molecule has 1 aliphatic rings. The molecule has 4 rings (SSSR count). The summed E-state index contributed by atoms with van der Waals surface area (Å²) in [4.78, 5) is 38.1. The van der Waals surface area contributed by atoms with E-state index in [0.29, 0.717) is 37.4 Å². The zero-order valence-electron chi connectivity index (χ0n) is 38.7. The topological polar surface area (TPSA) is 129 Å². The van der Waals surface area contributed by atoms with Gasteiger partial charge in [0.1, 0.15) is 37.6 Å². The minimum absolute atomic E-state index is 0.0435. The van der Waals surface area contributed by atoms with E-state index in [1.54, 1.807) is 0 Å². The maximum Gasteiger partial charge on any atom is 0.333 e. The molecule has 9 nitrogen and oxygen atoms in total. The van der Waals surface area contributed by atoms with E-state index in [1.807, 2.05) is 0 Å². The molecular formula is C54H72O9. The van der Waals surface area contributed by atoms with E-state index < -0.39 is 23.3 Å². The number of aliphatic hydroxyl groups is 2. The first-order valence-electron chi connectivity index (χ1n) is 23.0. The second-order valence-corrected chi connectivity index (χ2v) is 17.7. The van der Waals surface area contributed by atoms with Gasteiger partial charge in [-0.1, -0.05) is 102 Å². The van der Waals surface area contributed by atoms with Crippen LogP contribution in [0.15, 0.2) is 91.1 Å². The lowest BCUT2D eigenvalue weighted by Crippen LogP contribution is -2.44. The van der Waals surface area contributed by atoms with Crippen LogP contribution in [0.1, 0.15) is 127 Å². The van der Waals surface area contributed by atoms with Crippen molar-refractivity contribution in [3.05, 3.63) is 113 Å². The van der Waals surface area contributed by atoms with Gasteiger partial charge in [-0.2, -0.15) is 0 Å². The third-order valence-electron chi connectivity index (χ3n) is 12.1. The van der Waals surface area contributed by atoms with Crippen molar-refractivity contribution < 1.29 is 43.5 Å². The third-order valence-corrected chi connectivity index (χ3v) is 12.1. The molecule has 0 unspecified atom stereocenters. The van der Waals surface area contributed by atoms with Crippen LogP contribution in [-0.2, 0) is 47.9 Å². The zero-order chi connectivity index (χ0) is 45.9. The van der Waals surface area contributed by atoms with Crippen molar-refractivity contribution in [1.29, 1.82) is 0 Å². The summed E-state index contributed by atoms with van der Waals surface area (Å²) in [5.74, 6) is 0.0400. The van der Waals surface area contributed by atoms with Crippen molar-refractivity contribution in [2.45, 2.75) is 124 Å². The highest BCUT2D eigenvalue weighted by Crippen LogP contribution is 2.40. The molecule has 9 heteroatoms. The van der Waals surface area contributed by atoms with Crippen molar-refractivity contribution in [3.8, 4) is 28.0 Å². The van der Waals surface area contributed by atoms with E-state index in [0.717, 1.165) is 40.2 Å². The minimum Gasteiger partial charge on any atom is -0.492 e. The first kappa shape index (κ1) is 50.7. The molecule has 0 aliphatic heterocycles. The fourth-order valence-corrected chi connectivity index (χ4v) is 8.27. The second kappa shape index (κ2) is 25.3. The fourth-order valence-electron chi connectivity index (χ4n) is 8.27. The number of aliphatic hydroxyl groups excluding tert-OH is 2. The summed E-state index contributed by atoms with van der Waals surface area (Å²) in [6, 6.07) is 20.0. The Morgan fingerprint density at radius 2 is 1.11 bits per heavy atom. The monoisotopic (exact) mass is 865 g/mol. The first-order valence-corrected chi connectivity index (χ1v) is 23.0. The van der Waals surface area contributed by atoms with E-state index >= 15 is 0 Å². The summed E-state index contributed by atoms with van der Waals surface area (Å²) in [6.45, 7) is 18.7. The van der Waals surface area contributed by atoms with Crippen LogP contribution in [0.3, 0.4) is 0 Å². The van der Waals surface area contributed by atoms with Gasteiger partial charge in [-0.15, -0.1) is 0 Å². The van der Waals surface area contributed by atoms with Crippen LogP contribution in [0.25, 0.3) is 22.3 Å². The zero-order valence-corrected chi connectivity index (χ0v) is 38.7. The Balaban J connectivity index is 1.69. The molecule has 63 heavy (non-hydrogen) atoms. The Kier molecular flexibility index (Phi) is 20.4. The Bertz CT molecular complexity index is 1920. The van der Waals surface area contributed by atoms with Gasteiger partial charge in [-0.05, 0) is 147 Å². The minimum atomic E-state index is -1.36. The Labute approximate surface area is 376 Å². The number of unbranched alkanes of at least 4 members (excludes halogenated alkanes) is 2. The summed E-state index contributed by atoms with van der Waals surface area (Å²) >= 11 is 0. The third kappa shape index (κ3) is 15.1. The Morgan fingerprint density at radius 1 is 0.619 bits per heavy atom. The average Bonchev–Trinajstić information content (AvgIpc) is 3.29. The van der Waals surface area contributed by atoms with Gasteiger partial charge in [0.15, 0.2) is 0 Å². The number of ether oxygens (including phenoxy) is 4. The number of esters is 3. The van der Waals surface area contributed by atoms with Gasteiger partial charge in [0.2, 0.25) is 0 Å². The Morgan fingerprint density at radius 3 is 1.57 bits per heavy atom. The van der Waals surface area contributed by atoms with E-state index in [-0.39, 0.29) is 56.4 Å². The van der Waals surface area contributed by atoms with E-state index in [9.17, 15) is 24.6 Å². The molecule has 1 aliphatic carbocycles. The van der Waals surface area contributed by atoms with Crippen LogP contribution in [0, 0.1) is 11.3 Å². The van der Waals surface area contributed by atoms with Crippen LogP contribution >= 0.6 is 0 Å². The second-order valence-electron chi connectivity index (χ2n) is 17.7. The number of benzene rings is 3. The lowest BCUT2D eigenvalue weighted by molar-refractivity contribution is -0.159. The molecule has 3 aromatic carbocycles. The summed E-state index contributed by atoms with van der Waals surface area (Å²) in [5.41, 5.74) is 7.82. The van der Waals surface area contributed by atoms with Gasteiger partial charge in [0.25, 0.3) is 0 Å². The lowest BCUT2D eigenvalue weighted by atomic mass is 9.77. The molecule has 1 saturated carbocycles. The molecular weight excluding hydrogens is 793 g/mol. The molecule has 3 aromatic rings. The van der Waals surface area contributed by atoms with Crippen LogP contribution < -0.4 is 4.74 Å². The number of rotatable bonds is 26. The van der Waals surface area contributed by atoms with E-state index in [4.69, 9.17) is 18.9 Å². The highest BCUT2D eigenvalue weighted by molar-refractivity contribution is 5.88. The maximum atomic E-state index is 12.7. The number of hydrogen-bond donors (Lipinski definition) is 2. The normalized spacial score (nSPS) is 15.0. The fraction of sp³-hybridized carbons (Fsp3) is 0.500. The molecule has 0 saturated heterocycles. The highest BCUT2D eigenvalue weighted by Gasteiger charge is 2.38. The molecule has 0 aromatic heterocycles. The first-order chi connectivity index (χ1) is 30.2. The number of hydrogen-bond acceptors (Lipinski definition) is 9. The van der Waals surface area contributed by atoms with Crippen molar-refractivity contribution in [3.63, 3.8) is 0 Å². The molecule has 0 amide bonds. The van der Waals surface area contributed by atoms with Gasteiger partial charge in [-0.25, -0.2) is 14.4 Å². The van der Waals surface area contributed by atoms with Gasteiger partial charge in [-0.3, -0.25) is 0 Å². The summed E-state index contributed by atoms with van der Waals surface area (Å²) < 4.78 is 23.6. The lowest BCUT2D eigenvalue weighted by Gasteiger charge is -2.33. The summed E-state index contributed by atoms with van der Waals surface area (Å²) in [7, 11) is 0. The van der Waals surface area contributed by atoms with Crippen molar-refractivity contribution >= 4 is 17.9 Å². The molecule has 2 N–H and O–H groups in total. The van der Waals surface area contributed by atoms with E-state index in [1.165, 1.54) is 88.8 Å². The van der Waals surface area contributed by atoms with Crippen molar-refractivity contribution in [2.75, 3.05) is 39.6 Å². The van der Waals surface area contributed by atoms with Crippen molar-refractivity contribution in [1.82, 2.24) is 0 Å². The summed E-state index contributed by atoms with van der Waals surface area (Å²) in [6.07, 6.45) is 13.3. The number of aryl methyl sites for hydroxylation is 3. The van der Waals surface area contributed by atoms with Crippen LogP contribution in [0.5, 0.6) is 5.75 Å². The molecule has 0 spiro atoms. The van der Waals surface area contributed by atoms with Crippen molar-refractivity contribution in [2.24, 2.45) is 11.3 Å². The summed E-state index contributed by atoms with van der Waals surface area (Å²) in [5, 5.41) is 20.0. The average molecular weight is 865 g/mol. The van der Waals surface area contributed by atoms with Crippen LogP contribution in [0.4, 0.5) is 0 Å². The predicted octanol–water partition coefficient (Wildman–Crippen LogP) is 11.0. The quantitative estimate of drug-likeness (QED) is 0.0351. The van der Waals surface area contributed by atoms with Gasteiger partial charge in [0, 0.05) is 29.9 Å². The molecule has 0 bridgehead atoms. The molecule has 0 radical (unpaired) electrons. The predicted molar refractivity (Wildman–Crippen MR) is 252 cm³/mol. The highest BCUT2D eigenvalue weighted by atomic mass is 16.6.